The topological polar surface area (TPSA) is 116 Å². The number of carbonyl (C=O) groups is 1. The molecule has 0 unspecified atom stereocenters. The van der Waals surface area contributed by atoms with Gasteiger partial charge in [0.15, 0.2) is 0 Å². The van der Waals surface area contributed by atoms with Crippen LogP contribution in [0.15, 0.2) is 23.4 Å². The van der Waals surface area contributed by atoms with E-state index in [1.165, 1.54) is 6.20 Å². The van der Waals surface area contributed by atoms with E-state index in [1.807, 2.05) is 6.92 Å². The number of hydrogen-bond donors (Lipinski definition) is 2. The van der Waals surface area contributed by atoms with Crippen LogP contribution in [-0.4, -0.2) is 76.4 Å². The van der Waals surface area contributed by atoms with Crippen LogP contribution in [0.25, 0.3) is 0 Å². The van der Waals surface area contributed by atoms with Gasteiger partial charge in [-0.05, 0) is 6.92 Å². The molecule has 2 aromatic heterocycles. The predicted molar refractivity (Wildman–Crippen MR) is 114 cm³/mol. The van der Waals surface area contributed by atoms with Crippen LogP contribution in [0, 0.1) is 0 Å². The lowest BCUT2D eigenvalue weighted by Crippen LogP contribution is -2.49. The molecule has 1 saturated heterocycles. The van der Waals surface area contributed by atoms with Gasteiger partial charge in [-0.3, -0.25) is 9.59 Å². The zero-order chi connectivity index (χ0) is 24.0. The highest BCUT2D eigenvalue weighted by molar-refractivity contribution is 6.32. The Morgan fingerprint density at radius 3 is 2.55 bits per heavy atom. The molecule has 0 aliphatic carbocycles. The molecule has 0 bridgehead atoms. The van der Waals surface area contributed by atoms with Crippen molar-refractivity contribution in [3.8, 4) is 0 Å². The molecule has 10 nitrogen and oxygen atoms in total. The summed E-state index contributed by atoms with van der Waals surface area (Å²) < 4.78 is 43.4. The number of H-pyrrole nitrogens is 1. The van der Waals surface area contributed by atoms with Gasteiger partial charge >= 0.3 is 6.18 Å². The summed E-state index contributed by atoms with van der Waals surface area (Å²) in [5, 5.41) is 8.93. The molecule has 1 fully saturated rings. The van der Waals surface area contributed by atoms with E-state index in [4.69, 9.17) is 16.3 Å². The first kappa shape index (κ1) is 24.7. The van der Waals surface area contributed by atoms with Crippen molar-refractivity contribution in [1.82, 2.24) is 25.1 Å². The Labute approximate surface area is 192 Å². The average molecular weight is 490 g/mol. The molecule has 33 heavy (non-hydrogen) atoms. The Kier molecular flexibility index (Phi) is 8.08. The summed E-state index contributed by atoms with van der Waals surface area (Å²) in [6.07, 6.45) is -1.37. The number of carbonyl (C=O) groups excluding carboxylic acids is 1. The van der Waals surface area contributed by atoms with Crippen molar-refractivity contribution in [1.29, 1.82) is 0 Å². The Morgan fingerprint density at radius 2 is 1.91 bits per heavy atom. The van der Waals surface area contributed by atoms with Crippen LogP contribution < -0.4 is 15.8 Å². The molecular weight excluding hydrogens is 467 g/mol. The predicted octanol–water partition coefficient (Wildman–Crippen LogP) is 1.79. The molecule has 2 aromatic rings. The molecule has 0 saturated carbocycles. The van der Waals surface area contributed by atoms with Gasteiger partial charge in [-0.25, -0.2) is 15.1 Å². The minimum Gasteiger partial charge on any atom is -0.379 e. The lowest BCUT2D eigenvalue weighted by Gasteiger charge is -2.34. The third kappa shape index (κ3) is 6.78. The van der Waals surface area contributed by atoms with Crippen LogP contribution in [0.3, 0.4) is 0 Å². The van der Waals surface area contributed by atoms with Crippen molar-refractivity contribution < 1.29 is 22.7 Å². The fourth-order valence-electron chi connectivity index (χ4n) is 3.16. The van der Waals surface area contributed by atoms with E-state index in [0.717, 1.165) is 12.4 Å². The van der Waals surface area contributed by atoms with Crippen molar-refractivity contribution in [2.24, 2.45) is 0 Å². The first-order valence-electron chi connectivity index (χ1n) is 10.1. The smallest absolute Gasteiger partial charge is 0.379 e. The van der Waals surface area contributed by atoms with E-state index in [9.17, 15) is 22.8 Å². The molecule has 0 spiro atoms. The number of piperazine rings is 1. The summed E-state index contributed by atoms with van der Waals surface area (Å²) in [7, 11) is 0. The van der Waals surface area contributed by atoms with Gasteiger partial charge in [0.1, 0.15) is 5.02 Å². The third-order valence-electron chi connectivity index (χ3n) is 4.91. The summed E-state index contributed by atoms with van der Waals surface area (Å²) in [6, 6.07) is -0.173. The first-order valence-corrected chi connectivity index (χ1v) is 10.5. The van der Waals surface area contributed by atoms with Gasteiger partial charge in [0, 0.05) is 44.6 Å². The number of amides is 1. The summed E-state index contributed by atoms with van der Waals surface area (Å²) in [4.78, 5) is 34.8. The summed E-state index contributed by atoms with van der Waals surface area (Å²) >= 11 is 5.91. The molecular formula is C19H23ClF3N7O3. The molecule has 14 heteroatoms. The second-order valence-corrected chi connectivity index (χ2v) is 7.81. The third-order valence-corrected chi connectivity index (χ3v) is 5.28. The maximum absolute atomic E-state index is 12.6. The van der Waals surface area contributed by atoms with E-state index in [-0.39, 0.29) is 42.6 Å². The molecule has 0 radical (unpaired) electrons. The van der Waals surface area contributed by atoms with Gasteiger partial charge < -0.3 is 19.9 Å². The first-order chi connectivity index (χ1) is 15.6. The zero-order valence-electron chi connectivity index (χ0n) is 17.7. The average Bonchev–Trinajstić information content (AvgIpc) is 2.79. The van der Waals surface area contributed by atoms with Gasteiger partial charge in [0.05, 0.1) is 37.1 Å². The summed E-state index contributed by atoms with van der Waals surface area (Å²) in [5.74, 6) is 0.126. The monoisotopic (exact) mass is 489 g/mol. The van der Waals surface area contributed by atoms with Crippen LogP contribution in [0.5, 0.6) is 0 Å². The van der Waals surface area contributed by atoms with Gasteiger partial charge in [0.2, 0.25) is 11.9 Å². The quantitative estimate of drug-likeness (QED) is 0.539. The molecule has 1 aliphatic heterocycles. The van der Waals surface area contributed by atoms with Crippen molar-refractivity contribution in [3.05, 3.63) is 39.5 Å². The largest absolute Gasteiger partial charge is 0.419 e. The molecule has 180 valence electrons. The second kappa shape index (κ2) is 10.8. The van der Waals surface area contributed by atoms with E-state index >= 15 is 0 Å². The van der Waals surface area contributed by atoms with Crippen molar-refractivity contribution >= 4 is 29.1 Å². The molecule has 0 aromatic carbocycles. The number of nitrogens with zero attached hydrogens (tertiary/aromatic N) is 5. The minimum absolute atomic E-state index is 0.00728. The van der Waals surface area contributed by atoms with Crippen LogP contribution in [0.2, 0.25) is 5.02 Å². The van der Waals surface area contributed by atoms with Crippen molar-refractivity contribution in [2.75, 3.05) is 49.6 Å². The Balaban J connectivity index is 1.36. The van der Waals surface area contributed by atoms with Gasteiger partial charge in [-0.15, -0.1) is 0 Å². The number of halogens is 4. The van der Waals surface area contributed by atoms with Crippen molar-refractivity contribution in [3.63, 3.8) is 0 Å². The molecule has 1 atom stereocenters. The number of ether oxygens (including phenoxy) is 1. The van der Waals surface area contributed by atoms with Gasteiger partial charge in [0.25, 0.3) is 5.56 Å². The lowest BCUT2D eigenvalue weighted by atomic mass is 10.3. The molecule has 2 N–H and O–H groups in total. The maximum Gasteiger partial charge on any atom is 0.419 e. The Bertz CT molecular complexity index is 995. The Hall–Kier alpha value is -2.93. The van der Waals surface area contributed by atoms with Crippen LogP contribution in [-0.2, 0) is 15.7 Å². The number of nitrogens with one attached hydrogen (secondary N) is 2. The molecule has 1 aliphatic rings. The highest BCUT2D eigenvalue weighted by Crippen LogP contribution is 2.28. The number of alkyl halides is 3. The molecule has 1 amide bonds. The number of hydrogen-bond acceptors (Lipinski definition) is 8. The number of anilines is 2. The normalized spacial score (nSPS) is 15.4. The van der Waals surface area contributed by atoms with Gasteiger partial charge in [-0.1, -0.05) is 11.6 Å². The standard InChI is InChI=1S/C19H23ClF3N7O3/c1-12(27-14-10-26-28-17(32)16(14)20)11-33-7-2-15(31)29-3-5-30(6-4-29)18-24-8-13(9-25-18)19(21,22)23/h8-10,12H,2-7,11H2,1H3,(H2,27,28,32)/t12-/m0/s1. The zero-order valence-corrected chi connectivity index (χ0v) is 18.5. The summed E-state index contributed by atoms with van der Waals surface area (Å²) in [6.45, 7) is 4.00. The van der Waals surface area contributed by atoms with Crippen LogP contribution >= 0.6 is 11.6 Å². The summed E-state index contributed by atoms with van der Waals surface area (Å²) in [5.41, 5.74) is -1.00. The second-order valence-electron chi connectivity index (χ2n) is 7.43. The maximum atomic E-state index is 12.6. The van der Waals surface area contributed by atoms with Gasteiger partial charge in [-0.2, -0.15) is 18.3 Å². The molecule has 3 rings (SSSR count). The van der Waals surface area contributed by atoms with E-state index < -0.39 is 17.3 Å². The minimum atomic E-state index is -4.48. The fraction of sp³-hybridized carbons (Fsp3) is 0.526. The highest BCUT2D eigenvalue weighted by atomic mass is 35.5. The van der Waals surface area contributed by atoms with E-state index in [2.05, 4.69) is 25.5 Å². The number of rotatable bonds is 8. The highest BCUT2D eigenvalue weighted by Gasteiger charge is 2.32. The lowest BCUT2D eigenvalue weighted by molar-refractivity contribution is -0.138. The van der Waals surface area contributed by atoms with E-state index in [1.54, 1.807) is 9.80 Å². The van der Waals surface area contributed by atoms with E-state index in [0.29, 0.717) is 31.9 Å². The van der Waals surface area contributed by atoms with Crippen molar-refractivity contribution in [2.45, 2.75) is 25.6 Å². The van der Waals surface area contributed by atoms with Crippen LogP contribution in [0.4, 0.5) is 24.8 Å². The number of aromatic nitrogens is 4. The molecule has 3 heterocycles. The Morgan fingerprint density at radius 1 is 1.24 bits per heavy atom. The number of aromatic amines is 1. The SMILES string of the molecule is C[C@@H](COCCC(=O)N1CCN(c2ncc(C(F)(F)F)cn2)CC1)Nc1cn[nH]c(=O)c1Cl. The van der Waals surface area contributed by atoms with Crippen LogP contribution in [0.1, 0.15) is 18.9 Å². The fourth-order valence-corrected chi connectivity index (χ4v) is 3.30.